The van der Waals surface area contributed by atoms with Crippen LogP contribution in [0, 0.1) is 0 Å². The Morgan fingerprint density at radius 2 is 1.57 bits per heavy atom. The van der Waals surface area contributed by atoms with Crippen molar-refractivity contribution in [2.75, 3.05) is 13.7 Å². The molecule has 0 spiro atoms. The van der Waals surface area contributed by atoms with Crippen LogP contribution in [0.2, 0.25) is 0 Å². The van der Waals surface area contributed by atoms with E-state index in [4.69, 9.17) is 14.6 Å². The summed E-state index contributed by atoms with van der Waals surface area (Å²) in [7, 11) is 1.12. The van der Waals surface area contributed by atoms with Crippen LogP contribution in [0.5, 0.6) is 5.75 Å². The summed E-state index contributed by atoms with van der Waals surface area (Å²) in [5, 5.41) is 18.1. The minimum Gasteiger partial charge on any atom is -0.482 e. The number of hydrogen-bond donors (Lipinski definition) is 2. The van der Waals surface area contributed by atoms with Gasteiger partial charge in [-0.2, -0.15) is 0 Å². The average molecular weight is 485 g/mol. The summed E-state index contributed by atoms with van der Waals surface area (Å²) in [5.41, 5.74) is 0.868. The number of aliphatic carboxylic acids is 1. The summed E-state index contributed by atoms with van der Waals surface area (Å²) >= 11 is 0. The number of amides is 2. The summed E-state index contributed by atoms with van der Waals surface area (Å²) in [5.74, 6) is -2.38. The van der Waals surface area contributed by atoms with E-state index in [1.54, 1.807) is 0 Å². The normalized spacial score (nSPS) is 12.3. The standard InChI is InChI=1S/C23H23N3O9/c1-13(20(30)15-8-10-18(11-9-15)34-12-19(28)29)24-21(31)16-4-6-17(7-5-16)22(35-14(2)27)25-26-23(32)33-3/h4-11,13,22H,12H2,1-3H3,(H,24,31)(H,28,29)/t13?,22-/m0/s1. The molecule has 0 bridgehead atoms. The number of esters is 1. The lowest BCUT2D eigenvalue weighted by molar-refractivity contribution is -0.146. The number of carbonyl (C=O) groups is 5. The Morgan fingerprint density at radius 3 is 2.11 bits per heavy atom. The highest BCUT2D eigenvalue weighted by Gasteiger charge is 2.20. The van der Waals surface area contributed by atoms with E-state index in [-0.39, 0.29) is 11.3 Å². The molecule has 12 heteroatoms. The van der Waals surface area contributed by atoms with Crippen molar-refractivity contribution in [3.63, 3.8) is 0 Å². The molecule has 0 saturated heterocycles. The number of hydrogen-bond acceptors (Lipinski definition) is 9. The molecule has 184 valence electrons. The largest absolute Gasteiger partial charge is 0.482 e. The Labute approximate surface area is 199 Å². The van der Waals surface area contributed by atoms with Gasteiger partial charge in [-0.15, -0.1) is 5.11 Å². The smallest absolute Gasteiger partial charge is 0.451 e. The molecule has 2 aromatic carbocycles. The van der Waals surface area contributed by atoms with Crippen LogP contribution in [0.25, 0.3) is 0 Å². The number of ketones is 1. The Hall–Kier alpha value is -4.61. The molecule has 0 radical (unpaired) electrons. The van der Waals surface area contributed by atoms with E-state index >= 15 is 0 Å². The first kappa shape index (κ1) is 26.6. The van der Waals surface area contributed by atoms with Gasteiger partial charge in [-0.25, -0.2) is 9.59 Å². The molecule has 2 rings (SSSR count). The van der Waals surface area contributed by atoms with Crippen molar-refractivity contribution >= 4 is 29.7 Å². The third kappa shape index (κ3) is 8.35. The fraction of sp³-hybridized carbons (Fsp3) is 0.261. The zero-order valence-electron chi connectivity index (χ0n) is 19.1. The second-order valence-electron chi connectivity index (χ2n) is 7.04. The van der Waals surface area contributed by atoms with Gasteiger partial charge < -0.3 is 24.6 Å². The molecule has 0 aliphatic carbocycles. The number of azo groups is 1. The van der Waals surface area contributed by atoms with Gasteiger partial charge in [0.1, 0.15) is 5.75 Å². The van der Waals surface area contributed by atoms with Crippen LogP contribution in [0.4, 0.5) is 4.79 Å². The maximum absolute atomic E-state index is 12.6. The SMILES string of the molecule is COC(=O)N=N[C@@H](OC(C)=O)c1ccc(C(=O)NC(C)C(=O)c2ccc(OCC(=O)O)cc2)cc1. The van der Waals surface area contributed by atoms with Gasteiger partial charge in [-0.05, 0) is 43.3 Å². The van der Waals surface area contributed by atoms with Crippen molar-refractivity contribution in [3.8, 4) is 5.75 Å². The fourth-order valence-electron chi connectivity index (χ4n) is 2.71. The Balaban J connectivity index is 2.04. The van der Waals surface area contributed by atoms with Crippen molar-refractivity contribution in [2.24, 2.45) is 10.2 Å². The van der Waals surface area contributed by atoms with Gasteiger partial charge in [0.05, 0.1) is 13.2 Å². The molecule has 12 nitrogen and oxygen atoms in total. The molecular weight excluding hydrogens is 462 g/mol. The van der Waals surface area contributed by atoms with E-state index < -0.39 is 42.8 Å². The Bertz CT molecular complexity index is 1110. The highest BCUT2D eigenvalue weighted by Crippen LogP contribution is 2.21. The number of methoxy groups -OCH3 is 1. The average Bonchev–Trinajstić information content (AvgIpc) is 2.84. The van der Waals surface area contributed by atoms with Crippen LogP contribution in [0.15, 0.2) is 58.8 Å². The second kappa shape index (κ2) is 12.6. The first-order chi connectivity index (χ1) is 16.6. The second-order valence-corrected chi connectivity index (χ2v) is 7.04. The highest BCUT2D eigenvalue weighted by atomic mass is 16.6. The van der Waals surface area contributed by atoms with Gasteiger partial charge in [0.15, 0.2) is 12.4 Å². The third-order valence-electron chi connectivity index (χ3n) is 4.40. The Morgan fingerprint density at radius 1 is 0.971 bits per heavy atom. The van der Waals surface area contributed by atoms with Gasteiger partial charge in [-0.1, -0.05) is 17.2 Å². The third-order valence-corrected chi connectivity index (χ3v) is 4.40. The van der Waals surface area contributed by atoms with E-state index in [1.165, 1.54) is 55.5 Å². The number of nitrogens with zero attached hydrogens (tertiary/aromatic N) is 2. The summed E-state index contributed by atoms with van der Waals surface area (Å²) < 4.78 is 14.4. The molecule has 0 heterocycles. The van der Waals surface area contributed by atoms with Gasteiger partial charge in [0, 0.05) is 23.6 Å². The van der Waals surface area contributed by atoms with E-state index in [0.29, 0.717) is 16.9 Å². The lowest BCUT2D eigenvalue weighted by Crippen LogP contribution is -2.38. The quantitative estimate of drug-likeness (QED) is 0.292. The van der Waals surface area contributed by atoms with Crippen molar-refractivity contribution in [2.45, 2.75) is 26.1 Å². The predicted molar refractivity (Wildman–Crippen MR) is 119 cm³/mol. The topological polar surface area (TPSA) is 170 Å². The number of carboxylic acids is 1. The van der Waals surface area contributed by atoms with Crippen LogP contribution in [0.1, 0.15) is 46.4 Å². The summed E-state index contributed by atoms with van der Waals surface area (Å²) in [6.07, 6.45) is -2.19. The van der Waals surface area contributed by atoms with Crippen molar-refractivity contribution in [1.82, 2.24) is 5.32 Å². The number of ether oxygens (including phenoxy) is 3. The lowest BCUT2D eigenvalue weighted by Gasteiger charge is -2.15. The predicted octanol–water partition coefficient (Wildman–Crippen LogP) is 2.93. The molecule has 0 saturated carbocycles. The molecule has 35 heavy (non-hydrogen) atoms. The van der Waals surface area contributed by atoms with Gasteiger partial charge in [-0.3, -0.25) is 14.4 Å². The zero-order valence-corrected chi connectivity index (χ0v) is 19.1. The summed E-state index contributed by atoms with van der Waals surface area (Å²) in [4.78, 5) is 58.3. The summed E-state index contributed by atoms with van der Waals surface area (Å²) in [6.45, 7) is 2.18. The minimum absolute atomic E-state index is 0.220. The fourth-order valence-corrected chi connectivity index (χ4v) is 2.71. The van der Waals surface area contributed by atoms with E-state index in [0.717, 1.165) is 14.0 Å². The van der Waals surface area contributed by atoms with Gasteiger partial charge in [0.2, 0.25) is 6.23 Å². The number of carbonyl (C=O) groups excluding carboxylic acids is 4. The molecule has 0 aliphatic rings. The van der Waals surface area contributed by atoms with Crippen LogP contribution in [-0.2, 0) is 19.1 Å². The van der Waals surface area contributed by atoms with Crippen LogP contribution in [0.3, 0.4) is 0 Å². The molecule has 0 fully saturated rings. The molecule has 2 N–H and O–H groups in total. The highest BCUT2D eigenvalue weighted by molar-refractivity contribution is 6.04. The molecular formula is C23H23N3O9. The molecule has 2 aromatic rings. The number of Topliss-reactive ketones (excluding diaryl/α,β-unsaturated/α-hetero) is 1. The number of benzene rings is 2. The molecule has 2 atom stereocenters. The van der Waals surface area contributed by atoms with Crippen molar-refractivity contribution in [1.29, 1.82) is 0 Å². The maximum atomic E-state index is 12.6. The lowest BCUT2D eigenvalue weighted by atomic mass is 10.0. The van der Waals surface area contributed by atoms with Crippen molar-refractivity contribution < 1.29 is 43.3 Å². The molecule has 1 unspecified atom stereocenters. The molecule has 0 aliphatic heterocycles. The van der Waals surface area contributed by atoms with Crippen LogP contribution in [-0.4, -0.2) is 54.6 Å². The van der Waals surface area contributed by atoms with Gasteiger partial charge >= 0.3 is 18.0 Å². The number of nitrogens with one attached hydrogen (secondary N) is 1. The number of carboxylic acid groups (broad SMARTS) is 1. The van der Waals surface area contributed by atoms with E-state index in [2.05, 4.69) is 20.3 Å². The minimum atomic E-state index is -1.22. The summed E-state index contributed by atoms with van der Waals surface area (Å²) in [6, 6.07) is 10.8. The van der Waals surface area contributed by atoms with Crippen LogP contribution < -0.4 is 10.1 Å². The first-order valence-corrected chi connectivity index (χ1v) is 10.2. The van der Waals surface area contributed by atoms with Crippen molar-refractivity contribution in [3.05, 3.63) is 65.2 Å². The van der Waals surface area contributed by atoms with E-state index in [1.807, 2.05) is 0 Å². The maximum Gasteiger partial charge on any atom is 0.451 e. The van der Waals surface area contributed by atoms with E-state index in [9.17, 15) is 24.0 Å². The first-order valence-electron chi connectivity index (χ1n) is 10.2. The monoisotopic (exact) mass is 485 g/mol. The Kier molecular flexibility index (Phi) is 9.58. The number of rotatable bonds is 10. The van der Waals surface area contributed by atoms with Crippen LogP contribution >= 0.6 is 0 Å². The van der Waals surface area contributed by atoms with Gasteiger partial charge in [0.25, 0.3) is 5.91 Å². The zero-order chi connectivity index (χ0) is 26.0. The molecule has 0 aromatic heterocycles. The molecule has 2 amide bonds.